The summed E-state index contributed by atoms with van der Waals surface area (Å²) in [5.41, 5.74) is 0.420. The van der Waals surface area contributed by atoms with E-state index in [1.165, 1.54) is 43.2 Å². The standard InChI is InChI=1S/C22H32N4O4S/c1-18(27)23-13-15-26(16-14-23)31(29,30)21-6-4-5-19(17-21)22(28)25-11-7-20(8-12-25)24-9-2-3-10-24/h4-6,17,20H,2-3,7-16H2,1H3. The van der Waals surface area contributed by atoms with Crippen LogP contribution in [0.4, 0.5) is 0 Å². The fourth-order valence-corrected chi connectivity index (χ4v) is 6.37. The molecule has 31 heavy (non-hydrogen) atoms. The summed E-state index contributed by atoms with van der Waals surface area (Å²) in [4.78, 5) is 30.7. The maximum atomic E-state index is 13.1. The van der Waals surface area contributed by atoms with Gasteiger partial charge in [0.25, 0.3) is 5.91 Å². The van der Waals surface area contributed by atoms with Crippen LogP contribution in [-0.4, -0.2) is 97.6 Å². The average molecular weight is 449 g/mol. The lowest BCUT2D eigenvalue weighted by atomic mass is 10.0. The van der Waals surface area contributed by atoms with Crippen molar-refractivity contribution < 1.29 is 18.0 Å². The Hall–Kier alpha value is -1.97. The topological polar surface area (TPSA) is 81.2 Å². The highest BCUT2D eigenvalue weighted by atomic mass is 32.2. The molecule has 0 aliphatic carbocycles. The Morgan fingerprint density at radius 2 is 1.52 bits per heavy atom. The molecule has 3 fully saturated rings. The third-order valence-corrected chi connectivity index (χ3v) is 8.71. The van der Waals surface area contributed by atoms with E-state index in [2.05, 4.69) is 4.90 Å². The van der Waals surface area contributed by atoms with Crippen LogP contribution < -0.4 is 0 Å². The minimum absolute atomic E-state index is 0.0434. The molecule has 9 heteroatoms. The summed E-state index contributed by atoms with van der Waals surface area (Å²) < 4.78 is 27.6. The van der Waals surface area contributed by atoms with E-state index in [1.54, 1.807) is 23.1 Å². The number of likely N-dealkylation sites (tertiary alicyclic amines) is 2. The fourth-order valence-electron chi connectivity index (χ4n) is 4.91. The molecule has 8 nitrogen and oxygen atoms in total. The van der Waals surface area contributed by atoms with Crippen LogP contribution in [0.5, 0.6) is 0 Å². The highest BCUT2D eigenvalue weighted by molar-refractivity contribution is 7.89. The minimum Gasteiger partial charge on any atom is -0.340 e. The van der Waals surface area contributed by atoms with Crippen molar-refractivity contribution in [2.24, 2.45) is 0 Å². The number of amides is 2. The van der Waals surface area contributed by atoms with Gasteiger partial charge < -0.3 is 14.7 Å². The third kappa shape index (κ3) is 4.78. The van der Waals surface area contributed by atoms with Gasteiger partial charge in [-0.2, -0.15) is 4.31 Å². The molecule has 0 atom stereocenters. The van der Waals surface area contributed by atoms with E-state index in [1.807, 2.05) is 4.90 Å². The molecule has 3 saturated heterocycles. The molecule has 0 unspecified atom stereocenters. The number of piperazine rings is 1. The third-order valence-electron chi connectivity index (χ3n) is 6.81. The molecular formula is C22H32N4O4S. The number of hydrogen-bond acceptors (Lipinski definition) is 5. The highest BCUT2D eigenvalue weighted by Crippen LogP contribution is 2.24. The van der Waals surface area contributed by atoms with E-state index in [0.29, 0.717) is 37.8 Å². The summed E-state index contributed by atoms with van der Waals surface area (Å²) >= 11 is 0. The Labute approximate surface area is 184 Å². The molecule has 0 saturated carbocycles. The molecule has 2 amide bonds. The molecule has 0 bridgehead atoms. The number of rotatable bonds is 4. The van der Waals surface area contributed by atoms with Crippen LogP contribution >= 0.6 is 0 Å². The van der Waals surface area contributed by atoms with E-state index < -0.39 is 10.0 Å². The molecule has 0 N–H and O–H groups in total. The van der Waals surface area contributed by atoms with Gasteiger partial charge >= 0.3 is 0 Å². The van der Waals surface area contributed by atoms with Crippen molar-refractivity contribution in [3.05, 3.63) is 29.8 Å². The predicted octanol–water partition coefficient (Wildman–Crippen LogP) is 1.24. The number of sulfonamides is 1. The van der Waals surface area contributed by atoms with E-state index in [4.69, 9.17) is 0 Å². The highest BCUT2D eigenvalue weighted by Gasteiger charge is 2.31. The fraction of sp³-hybridized carbons (Fsp3) is 0.636. The second-order valence-corrected chi connectivity index (χ2v) is 10.6. The van der Waals surface area contributed by atoms with Crippen LogP contribution in [0.25, 0.3) is 0 Å². The van der Waals surface area contributed by atoms with Crippen LogP contribution in [0.2, 0.25) is 0 Å². The molecule has 170 valence electrons. The number of carbonyl (C=O) groups is 2. The Morgan fingerprint density at radius 3 is 2.13 bits per heavy atom. The first kappa shape index (κ1) is 22.2. The van der Waals surface area contributed by atoms with Gasteiger partial charge in [0.05, 0.1) is 4.90 Å². The molecule has 0 aromatic heterocycles. The smallest absolute Gasteiger partial charge is 0.253 e. The van der Waals surface area contributed by atoms with Crippen molar-refractivity contribution in [2.45, 2.75) is 43.5 Å². The normalized spacial score (nSPS) is 22.1. The Morgan fingerprint density at radius 1 is 0.871 bits per heavy atom. The van der Waals surface area contributed by atoms with Crippen molar-refractivity contribution in [2.75, 3.05) is 52.4 Å². The zero-order valence-corrected chi connectivity index (χ0v) is 19.0. The zero-order chi connectivity index (χ0) is 22.0. The molecule has 3 heterocycles. The van der Waals surface area contributed by atoms with E-state index >= 15 is 0 Å². The van der Waals surface area contributed by atoms with Gasteiger partial charge in [-0.1, -0.05) is 6.07 Å². The summed E-state index contributed by atoms with van der Waals surface area (Å²) in [6, 6.07) is 6.95. The van der Waals surface area contributed by atoms with Gasteiger partial charge in [-0.05, 0) is 57.0 Å². The first-order valence-electron chi connectivity index (χ1n) is 11.3. The molecular weight excluding hydrogens is 416 g/mol. The molecule has 0 spiro atoms. The lowest BCUT2D eigenvalue weighted by molar-refractivity contribution is -0.129. The average Bonchev–Trinajstić information content (AvgIpc) is 3.34. The number of hydrogen-bond donors (Lipinski definition) is 0. The molecule has 3 aliphatic rings. The summed E-state index contributed by atoms with van der Waals surface area (Å²) in [6.07, 6.45) is 4.49. The molecule has 1 aromatic rings. The van der Waals surface area contributed by atoms with Crippen LogP contribution in [0.3, 0.4) is 0 Å². The molecule has 3 aliphatic heterocycles. The van der Waals surface area contributed by atoms with Gasteiger partial charge in [0.2, 0.25) is 15.9 Å². The van der Waals surface area contributed by atoms with Gasteiger partial charge in [-0.3, -0.25) is 9.59 Å². The van der Waals surface area contributed by atoms with Gasteiger partial charge in [0, 0.05) is 57.8 Å². The molecule has 4 rings (SSSR count). The maximum absolute atomic E-state index is 13.1. The molecule has 0 radical (unpaired) electrons. The number of piperidine rings is 1. The van der Waals surface area contributed by atoms with Crippen LogP contribution in [0.15, 0.2) is 29.2 Å². The van der Waals surface area contributed by atoms with E-state index in [-0.39, 0.29) is 29.8 Å². The number of benzene rings is 1. The largest absolute Gasteiger partial charge is 0.340 e. The number of carbonyl (C=O) groups excluding carboxylic acids is 2. The maximum Gasteiger partial charge on any atom is 0.253 e. The summed E-state index contributed by atoms with van der Waals surface area (Å²) in [7, 11) is -3.70. The lowest BCUT2D eigenvalue weighted by Crippen LogP contribution is -2.50. The SMILES string of the molecule is CC(=O)N1CCN(S(=O)(=O)c2cccc(C(=O)N3CCC(N4CCCC4)CC3)c2)CC1. The van der Waals surface area contributed by atoms with E-state index in [9.17, 15) is 18.0 Å². The first-order valence-corrected chi connectivity index (χ1v) is 12.7. The predicted molar refractivity (Wildman–Crippen MR) is 117 cm³/mol. The number of nitrogens with zero attached hydrogens (tertiary/aromatic N) is 4. The van der Waals surface area contributed by atoms with Crippen molar-refractivity contribution in [1.29, 1.82) is 0 Å². The van der Waals surface area contributed by atoms with Crippen LogP contribution in [0.1, 0.15) is 43.0 Å². The Balaban J connectivity index is 1.41. The van der Waals surface area contributed by atoms with Crippen molar-refractivity contribution in [3.63, 3.8) is 0 Å². The zero-order valence-electron chi connectivity index (χ0n) is 18.2. The minimum atomic E-state index is -3.70. The quantitative estimate of drug-likeness (QED) is 0.692. The van der Waals surface area contributed by atoms with Crippen LogP contribution in [0, 0.1) is 0 Å². The Kier molecular flexibility index (Phi) is 6.64. The lowest BCUT2D eigenvalue weighted by Gasteiger charge is -2.36. The monoisotopic (exact) mass is 448 g/mol. The van der Waals surface area contributed by atoms with E-state index in [0.717, 1.165) is 12.8 Å². The van der Waals surface area contributed by atoms with Crippen molar-refractivity contribution in [1.82, 2.24) is 19.0 Å². The second kappa shape index (κ2) is 9.26. The van der Waals surface area contributed by atoms with Gasteiger partial charge in [0.1, 0.15) is 0 Å². The first-order chi connectivity index (χ1) is 14.9. The summed E-state index contributed by atoms with van der Waals surface area (Å²) in [5.74, 6) is -0.142. The second-order valence-electron chi connectivity index (χ2n) is 8.70. The Bertz CT molecular complexity index is 913. The van der Waals surface area contributed by atoms with Crippen LogP contribution in [-0.2, 0) is 14.8 Å². The van der Waals surface area contributed by atoms with Crippen molar-refractivity contribution >= 4 is 21.8 Å². The van der Waals surface area contributed by atoms with Gasteiger partial charge in [-0.25, -0.2) is 8.42 Å². The summed E-state index contributed by atoms with van der Waals surface area (Å²) in [6.45, 7) is 6.56. The van der Waals surface area contributed by atoms with Crippen molar-refractivity contribution in [3.8, 4) is 0 Å². The molecule has 1 aromatic carbocycles. The van der Waals surface area contributed by atoms with Gasteiger partial charge in [0.15, 0.2) is 0 Å². The van der Waals surface area contributed by atoms with Gasteiger partial charge in [-0.15, -0.1) is 0 Å². The summed E-state index contributed by atoms with van der Waals surface area (Å²) in [5, 5.41) is 0.